The summed E-state index contributed by atoms with van der Waals surface area (Å²) in [6.07, 6.45) is -0.461. The molecule has 6 heteroatoms. The van der Waals surface area contributed by atoms with Crippen LogP contribution in [0.3, 0.4) is 0 Å². The van der Waals surface area contributed by atoms with Crippen LogP contribution < -0.4 is 9.74 Å². The van der Waals surface area contributed by atoms with Crippen molar-refractivity contribution in [3.05, 3.63) is 21.8 Å². The highest BCUT2D eigenvalue weighted by Crippen LogP contribution is 2.44. The maximum absolute atomic E-state index is 12.3. The zero-order chi connectivity index (χ0) is 20.3. The van der Waals surface area contributed by atoms with Gasteiger partial charge in [0, 0.05) is 3.57 Å². The second-order valence-electron chi connectivity index (χ2n) is 8.66. The first kappa shape index (κ1) is 23.3. The molecule has 0 bridgehead atoms. The van der Waals surface area contributed by atoms with E-state index in [4.69, 9.17) is 9.16 Å². The van der Waals surface area contributed by atoms with Gasteiger partial charge in [-0.1, -0.05) is 47.6 Å². The summed E-state index contributed by atoms with van der Waals surface area (Å²) in [5.41, 5.74) is 1.51. The van der Waals surface area contributed by atoms with Crippen LogP contribution in [0.25, 0.3) is 0 Å². The van der Waals surface area contributed by atoms with E-state index >= 15 is 0 Å². The lowest BCUT2D eigenvalue weighted by molar-refractivity contribution is 0.0635. The highest BCUT2D eigenvalue weighted by molar-refractivity contribution is 14.1. The second kappa shape index (κ2) is 8.95. The van der Waals surface area contributed by atoms with Crippen molar-refractivity contribution in [2.75, 3.05) is 5.32 Å². The molecule has 4 nitrogen and oxygen atoms in total. The van der Waals surface area contributed by atoms with Gasteiger partial charge in [0.2, 0.25) is 0 Å². The highest BCUT2D eigenvalue weighted by Gasteiger charge is 2.47. The van der Waals surface area contributed by atoms with Crippen molar-refractivity contribution in [3.8, 4) is 5.75 Å². The molecule has 0 saturated heterocycles. The van der Waals surface area contributed by atoms with Crippen LogP contribution in [0.2, 0.25) is 16.6 Å². The second-order valence-corrected chi connectivity index (χ2v) is 15.2. The van der Waals surface area contributed by atoms with Crippen LogP contribution in [0.4, 0.5) is 10.5 Å². The van der Waals surface area contributed by atoms with Gasteiger partial charge in [0.15, 0.2) is 0 Å². The zero-order valence-corrected chi connectivity index (χ0v) is 20.7. The van der Waals surface area contributed by atoms with E-state index in [1.807, 2.05) is 39.0 Å². The third-order valence-electron chi connectivity index (χ3n) is 4.60. The fourth-order valence-electron chi connectivity index (χ4n) is 3.66. The van der Waals surface area contributed by atoms with Gasteiger partial charge in [-0.15, -0.1) is 0 Å². The summed E-state index contributed by atoms with van der Waals surface area (Å²) < 4.78 is 13.2. The molecule has 0 radical (unpaired) electrons. The molecule has 1 aromatic rings. The van der Waals surface area contributed by atoms with Crippen molar-refractivity contribution in [1.29, 1.82) is 0 Å². The standard InChI is InChI=1S/C20H34INO3Si/c1-13(2)26(14(3)4,15(5)6)25-17-12-10-11-16(21)18(17)22-19(23)24-20(7,8)9/h10-15H,1-9H3,(H,22,23). The lowest BCUT2D eigenvalue weighted by atomic mass is 10.2. The number of carbonyl (C=O) groups excluding carboxylic acids is 1. The Balaban J connectivity index is 3.29. The molecule has 0 fully saturated rings. The number of nitrogens with one attached hydrogen (secondary N) is 1. The number of hydrogen-bond acceptors (Lipinski definition) is 3. The summed E-state index contributed by atoms with van der Waals surface area (Å²) in [4.78, 5) is 12.3. The number of amides is 1. The van der Waals surface area contributed by atoms with E-state index in [2.05, 4.69) is 69.5 Å². The maximum atomic E-state index is 12.3. The molecule has 0 spiro atoms. The fraction of sp³-hybridized carbons (Fsp3) is 0.650. The highest BCUT2D eigenvalue weighted by atomic mass is 127. The zero-order valence-electron chi connectivity index (χ0n) is 17.6. The topological polar surface area (TPSA) is 47.6 Å². The maximum Gasteiger partial charge on any atom is 0.412 e. The van der Waals surface area contributed by atoms with Gasteiger partial charge >= 0.3 is 6.09 Å². The Morgan fingerprint density at radius 2 is 1.54 bits per heavy atom. The summed E-state index contributed by atoms with van der Waals surface area (Å²) in [5, 5.41) is 2.90. The number of carbonyl (C=O) groups is 1. The Kier molecular flexibility index (Phi) is 8.01. The molecular formula is C20H34INO3Si. The molecule has 0 saturated carbocycles. The minimum Gasteiger partial charge on any atom is -0.541 e. The van der Waals surface area contributed by atoms with E-state index in [0.717, 1.165) is 9.32 Å². The van der Waals surface area contributed by atoms with E-state index < -0.39 is 20.0 Å². The largest absolute Gasteiger partial charge is 0.541 e. The molecule has 1 rings (SSSR count). The van der Waals surface area contributed by atoms with Crippen molar-refractivity contribution in [1.82, 2.24) is 0 Å². The van der Waals surface area contributed by atoms with Gasteiger partial charge in [-0.25, -0.2) is 4.79 Å². The summed E-state index contributed by atoms with van der Waals surface area (Å²) >= 11 is 2.23. The van der Waals surface area contributed by atoms with Crippen LogP contribution in [0.15, 0.2) is 18.2 Å². The quantitative estimate of drug-likeness (QED) is 0.338. The van der Waals surface area contributed by atoms with Crippen molar-refractivity contribution < 1.29 is 14.0 Å². The van der Waals surface area contributed by atoms with Gasteiger partial charge in [0.1, 0.15) is 11.4 Å². The van der Waals surface area contributed by atoms with Gasteiger partial charge in [-0.3, -0.25) is 5.32 Å². The first-order valence-corrected chi connectivity index (χ1v) is 12.5. The number of rotatable bonds is 6. The Labute approximate surface area is 173 Å². The smallest absolute Gasteiger partial charge is 0.412 e. The number of benzene rings is 1. The third-order valence-corrected chi connectivity index (χ3v) is 11.5. The fourth-order valence-corrected chi connectivity index (χ4v) is 9.53. The molecule has 1 N–H and O–H groups in total. The van der Waals surface area contributed by atoms with Crippen molar-refractivity contribution in [3.63, 3.8) is 0 Å². The summed E-state index contributed by atoms with van der Waals surface area (Å²) in [6, 6.07) is 5.88. The van der Waals surface area contributed by atoms with Gasteiger partial charge in [-0.2, -0.15) is 0 Å². The van der Waals surface area contributed by atoms with E-state index in [0.29, 0.717) is 22.3 Å². The van der Waals surface area contributed by atoms with Gasteiger partial charge in [-0.05, 0) is 72.1 Å². The Morgan fingerprint density at radius 3 is 1.96 bits per heavy atom. The molecule has 0 aliphatic carbocycles. The normalized spacial score (nSPS) is 12.7. The van der Waals surface area contributed by atoms with E-state index in [9.17, 15) is 4.79 Å². The number of halogens is 1. The van der Waals surface area contributed by atoms with Crippen LogP contribution in [0, 0.1) is 3.57 Å². The predicted octanol–water partition coefficient (Wildman–Crippen LogP) is 7.19. The number of hydrogen-bond donors (Lipinski definition) is 1. The lowest BCUT2D eigenvalue weighted by Gasteiger charge is -2.42. The molecule has 0 atom stereocenters. The SMILES string of the molecule is CC(C)[Si](Oc1cccc(I)c1NC(=O)OC(C)(C)C)(C(C)C)C(C)C. The lowest BCUT2D eigenvalue weighted by Crippen LogP contribution is -2.50. The average Bonchev–Trinajstić information content (AvgIpc) is 2.44. The van der Waals surface area contributed by atoms with Crippen molar-refractivity contribution >= 4 is 42.7 Å². The van der Waals surface area contributed by atoms with Crippen LogP contribution in [0.1, 0.15) is 62.3 Å². The van der Waals surface area contributed by atoms with Gasteiger partial charge in [0.25, 0.3) is 8.32 Å². The van der Waals surface area contributed by atoms with Crippen LogP contribution in [-0.4, -0.2) is 20.0 Å². The monoisotopic (exact) mass is 491 g/mol. The summed E-state index contributed by atoms with van der Waals surface area (Å²) in [6.45, 7) is 19.1. The molecule has 1 amide bonds. The third kappa shape index (κ3) is 5.61. The number of ether oxygens (including phenoxy) is 1. The molecular weight excluding hydrogens is 457 g/mol. The molecule has 0 aliphatic heterocycles. The summed E-state index contributed by atoms with van der Waals surface area (Å²) in [7, 11) is -2.12. The first-order chi connectivity index (χ1) is 11.8. The predicted molar refractivity (Wildman–Crippen MR) is 121 cm³/mol. The first-order valence-electron chi connectivity index (χ1n) is 9.28. The number of para-hydroxylation sites is 1. The van der Waals surface area contributed by atoms with E-state index in [1.54, 1.807) is 0 Å². The van der Waals surface area contributed by atoms with E-state index in [-0.39, 0.29) is 0 Å². The van der Waals surface area contributed by atoms with Crippen LogP contribution in [-0.2, 0) is 4.74 Å². The Morgan fingerprint density at radius 1 is 1.04 bits per heavy atom. The van der Waals surface area contributed by atoms with Crippen molar-refractivity contribution in [2.24, 2.45) is 0 Å². The minimum absolute atomic E-state index is 0.453. The molecule has 148 valence electrons. The van der Waals surface area contributed by atoms with Gasteiger partial charge < -0.3 is 9.16 Å². The minimum atomic E-state index is -2.12. The molecule has 0 aliphatic rings. The summed E-state index contributed by atoms with van der Waals surface area (Å²) in [5.74, 6) is 0.741. The Hall–Kier alpha value is -0.763. The van der Waals surface area contributed by atoms with Gasteiger partial charge in [0.05, 0.1) is 5.69 Å². The van der Waals surface area contributed by atoms with Crippen LogP contribution >= 0.6 is 22.6 Å². The van der Waals surface area contributed by atoms with Crippen molar-refractivity contribution in [2.45, 2.75) is 84.5 Å². The molecule has 0 unspecified atom stereocenters. The van der Waals surface area contributed by atoms with Crippen LogP contribution in [0.5, 0.6) is 5.75 Å². The average molecular weight is 491 g/mol. The molecule has 0 aromatic heterocycles. The number of anilines is 1. The molecule has 26 heavy (non-hydrogen) atoms. The Bertz CT molecular complexity index is 602. The van der Waals surface area contributed by atoms with E-state index in [1.165, 1.54) is 0 Å². The molecule has 1 aromatic carbocycles. The molecule has 0 heterocycles.